The molecule has 0 saturated carbocycles. The van der Waals surface area contributed by atoms with Crippen molar-refractivity contribution in [1.29, 1.82) is 0 Å². The zero-order valence-corrected chi connectivity index (χ0v) is 19.7. The Hall–Kier alpha value is -3.31. The predicted molar refractivity (Wildman–Crippen MR) is 120 cm³/mol. The molecule has 1 aliphatic heterocycles. The van der Waals surface area contributed by atoms with E-state index in [1.165, 1.54) is 6.07 Å². The fourth-order valence-corrected chi connectivity index (χ4v) is 4.70. The summed E-state index contributed by atoms with van der Waals surface area (Å²) in [6.07, 6.45) is 0.166. The summed E-state index contributed by atoms with van der Waals surface area (Å²) in [5.41, 5.74) is 0.565. The Bertz CT molecular complexity index is 1570. The van der Waals surface area contributed by atoms with E-state index in [-0.39, 0.29) is 34.9 Å². The number of nitrogens with zero attached hydrogens (tertiary/aromatic N) is 3. The van der Waals surface area contributed by atoms with Crippen LogP contribution in [0, 0.1) is 0 Å². The summed E-state index contributed by atoms with van der Waals surface area (Å²) in [5, 5.41) is 0.300. The molecule has 0 amide bonds. The minimum Gasteiger partial charge on any atom is -0.748 e. The molecule has 1 unspecified atom stereocenters. The van der Waals surface area contributed by atoms with E-state index in [1.54, 1.807) is 25.2 Å². The summed E-state index contributed by atoms with van der Waals surface area (Å²) in [4.78, 5) is 8.63. The first-order valence-corrected chi connectivity index (χ1v) is 12.4. The number of alkyl halides is 3. The van der Waals surface area contributed by atoms with Crippen LogP contribution in [0.5, 0.6) is 0 Å². The first kappa shape index (κ1) is 24.8. The van der Waals surface area contributed by atoms with E-state index in [1.807, 2.05) is 35.9 Å². The van der Waals surface area contributed by atoms with Gasteiger partial charge in [0.05, 0.1) is 32.5 Å². The summed E-state index contributed by atoms with van der Waals surface area (Å²) in [6, 6.07) is 9.67. The van der Waals surface area contributed by atoms with Gasteiger partial charge in [-0.1, -0.05) is 19.1 Å². The largest absolute Gasteiger partial charge is 0.748 e. The van der Waals surface area contributed by atoms with Crippen LogP contribution in [0.2, 0.25) is 0 Å². The molecular formula is C24H22F3N3O4S. The second-order valence-electron chi connectivity index (χ2n) is 8.12. The third kappa shape index (κ3) is 5.35. The van der Waals surface area contributed by atoms with Crippen molar-refractivity contribution in [2.24, 2.45) is 17.0 Å². The van der Waals surface area contributed by atoms with Crippen molar-refractivity contribution in [3.05, 3.63) is 82.1 Å². The zero-order valence-electron chi connectivity index (χ0n) is 18.9. The van der Waals surface area contributed by atoms with Gasteiger partial charge in [-0.15, -0.1) is 0 Å². The van der Waals surface area contributed by atoms with Crippen LogP contribution in [0.15, 0.2) is 68.8 Å². The number of halogens is 3. The number of aromatic nitrogens is 1. The molecule has 1 atom stereocenters. The van der Waals surface area contributed by atoms with Gasteiger partial charge in [0.25, 0.3) is 5.52 Å². The highest BCUT2D eigenvalue weighted by atomic mass is 32.2. The Morgan fingerprint density at radius 1 is 1.17 bits per heavy atom. The quantitative estimate of drug-likeness (QED) is 0.362. The highest BCUT2D eigenvalue weighted by molar-refractivity contribution is 7.85. The van der Waals surface area contributed by atoms with Crippen molar-refractivity contribution < 1.29 is 35.1 Å². The third-order valence-corrected chi connectivity index (χ3v) is 6.57. The number of fused-ring (bicyclic) bond motifs is 2. The smallest absolute Gasteiger partial charge is 0.416 e. The lowest BCUT2D eigenvalue weighted by Gasteiger charge is -2.21. The van der Waals surface area contributed by atoms with Gasteiger partial charge in [-0.05, 0) is 54.7 Å². The zero-order chi connectivity index (χ0) is 25.4. The molecule has 3 aromatic rings. The fourth-order valence-electron chi connectivity index (χ4n) is 4.12. The standard InChI is InChI=1S/C24H22F3N3O4S/c1-3-15(13-14-35(31,32)33)22-16(24(25,26)27)11-12-17-23(22)29-20(28-17)9-6-10-21-30(2)18-7-4-5-8-19(18)34-21/h4-12,15H,3,13-14H2,1-2H3. The van der Waals surface area contributed by atoms with E-state index < -0.39 is 33.5 Å². The average molecular weight is 506 g/mol. The lowest BCUT2D eigenvalue weighted by molar-refractivity contribution is -0.652. The SMILES string of the molecule is CCC(CCS(=O)(=O)[O-])c1c(C(F)(F)F)ccc2c1=NC(=CC=Cc1oc3ccccc3[n+]1C)N=2. The number of para-hydroxylation sites is 2. The van der Waals surface area contributed by atoms with Gasteiger partial charge in [-0.2, -0.15) is 17.7 Å². The van der Waals surface area contributed by atoms with E-state index in [4.69, 9.17) is 4.42 Å². The summed E-state index contributed by atoms with van der Waals surface area (Å²) in [7, 11) is -2.73. The lowest BCUT2D eigenvalue weighted by Crippen LogP contribution is -2.32. The molecular weight excluding hydrogens is 483 g/mol. The van der Waals surface area contributed by atoms with Crippen LogP contribution in [0.25, 0.3) is 17.2 Å². The summed E-state index contributed by atoms with van der Waals surface area (Å²) >= 11 is 0. The van der Waals surface area contributed by atoms with Gasteiger partial charge < -0.3 is 8.97 Å². The molecule has 11 heteroatoms. The Morgan fingerprint density at radius 2 is 1.91 bits per heavy atom. The number of hydrogen-bond acceptors (Lipinski definition) is 6. The summed E-state index contributed by atoms with van der Waals surface area (Å²) < 4.78 is 82.4. The van der Waals surface area contributed by atoms with Gasteiger partial charge in [0.15, 0.2) is 5.82 Å². The first-order valence-electron chi connectivity index (χ1n) is 10.8. The number of rotatable bonds is 7. The van der Waals surface area contributed by atoms with E-state index in [0.29, 0.717) is 11.5 Å². The van der Waals surface area contributed by atoms with Crippen molar-refractivity contribution in [1.82, 2.24) is 0 Å². The average Bonchev–Trinajstić information content (AvgIpc) is 3.34. The molecule has 0 radical (unpaired) electrons. The Balaban J connectivity index is 1.74. The van der Waals surface area contributed by atoms with Crippen LogP contribution in [0.3, 0.4) is 0 Å². The van der Waals surface area contributed by atoms with Gasteiger partial charge in [0.2, 0.25) is 5.58 Å². The molecule has 2 aromatic carbocycles. The van der Waals surface area contributed by atoms with E-state index in [2.05, 4.69) is 9.98 Å². The molecule has 0 N–H and O–H groups in total. The maximum Gasteiger partial charge on any atom is 0.416 e. The minimum atomic E-state index is -4.67. The third-order valence-electron chi connectivity index (χ3n) is 5.84. The normalized spacial score (nSPS) is 16.0. The molecule has 0 bridgehead atoms. The first-order chi connectivity index (χ1) is 16.5. The molecule has 2 heterocycles. The minimum absolute atomic E-state index is 0.0453. The molecule has 7 nitrogen and oxygen atoms in total. The summed E-state index contributed by atoms with van der Waals surface area (Å²) in [6.45, 7) is 1.64. The van der Waals surface area contributed by atoms with Crippen molar-refractivity contribution in [3.63, 3.8) is 0 Å². The maximum absolute atomic E-state index is 13.8. The number of aryl methyl sites for hydroxylation is 1. The Labute approximate surface area is 199 Å². The van der Waals surface area contributed by atoms with Crippen LogP contribution in [-0.4, -0.2) is 18.7 Å². The maximum atomic E-state index is 13.8. The topological polar surface area (TPSA) is 98.9 Å². The van der Waals surface area contributed by atoms with Gasteiger partial charge >= 0.3 is 12.1 Å². The van der Waals surface area contributed by atoms with Crippen LogP contribution in [0.4, 0.5) is 13.2 Å². The van der Waals surface area contributed by atoms with E-state index in [0.717, 1.165) is 11.6 Å². The van der Waals surface area contributed by atoms with Gasteiger partial charge in [-0.3, -0.25) is 0 Å². The molecule has 0 saturated heterocycles. The number of benzene rings is 2. The second-order valence-corrected chi connectivity index (χ2v) is 9.65. The van der Waals surface area contributed by atoms with Gasteiger partial charge in [0, 0.05) is 11.8 Å². The lowest BCUT2D eigenvalue weighted by atomic mass is 9.89. The Morgan fingerprint density at radius 3 is 2.57 bits per heavy atom. The second kappa shape index (κ2) is 9.38. The molecule has 0 spiro atoms. The fraction of sp³-hybridized carbons (Fsp3) is 0.292. The molecule has 1 aliphatic rings. The monoisotopic (exact) mass is 505 g/mol. The Kier molecular flexibility index (Phi) is 6.65. The van der Waals surface area contributed by atoms with Gasteiger partial charge in [-0.25, -0.2) is 18.4 Å². The summed E-state index contributed by atoms with van der Waals surface area (Å²) in [5.74, 6) is -0.831. The van der Waals surface area contributed by atoms with Gasteiger partial charge in [0.1, 0.15) is 7.05 Å². The van der Waals surface area contributed by atoms with Crippen molar-refractivity contribution in [2.75, 3.05) is 5.75 Å². The number of oxazole rings is 1. The molecule has 0 aliphatic carbocycles. The van der Waals surface area contributed by atoms with Crippen molar-refractivity contribution >= 4 is 27.3 Å². The van der Waals surface area contributed by atoms with E-state index >= 15 is 0 Å². The van der Waals surface area contributed by atoms with Crippen molar-refractivity contribution in [3.8, 4) is 0 Å². The van der Waals surface area contributed by atoms with Crippen molar-refractivity contribution in [2.45, 2.75) is 31.9 Å². The van der Waals surface area contributed by atoms with E-state index in [9.17, 15) is 26.1 Å². The number of hydrogen-bond donors (Lipinski definition) is 0. The molecule has 184 valence electrons. The molecule has 35 heavy (non-hydrogen) atoms. The van der Waals surface area contributed by atoms with Crippen LogP contribution < -0.4 is 15.3 Å². The van der Waals surface area contributed by atoms with Crippen LogP contribution in [-0.2, 0) is 23.3 Å². The molecule has 4 rings (SSSR count). The highest BCUT2D eigenvalue weighted by Gasteiger charge is 2.36. The molecule has 1 aromatic heterocycles. The predicted octanol–water partition coefficient (Wildman–Crippen LogP) is 3.51. The molecule has 0 fully saturated rings. The number of allylic oxidation sites excluding steroid dienone is 2. The van der Waals surface area contributed by atoms with Crippen LogP contribution >= 0.6 is 0 Å². The highest BCUT2D eigenvalue weighted by Crippen LogP contribution is 2.35. The van der Waals surface area contributed by atoms with Crippen LogP contribution in [0.1, 0.15) is 42.7 Å².